The van der Waals surface area contributed by atoms with E-state index in [4.69, 9.17) is 0 Å². The van der Waals surface area contributed by atoms with E-state index in [2.05, 4.69) is 5.32 Å². The predicted octanol–water partition coefficient (Wildman–Crippen LogP) is 3.77. The molecular formula is C30H38N4O4S. The summed E-state index contributed by atoms with van der Waals surface area (Å²) < 4.78 is 28.8. The number of hydrogen-bond acceptors (Lipinski definition) is 4. The number of carbonyl (C=O) groups is 2. The predicted molar refractivity (Wildman–Crippen MR) is 155 cm³/mol. The Bertz CT molecular complexity index is 1310. The average molecular weight is 551 g/mol. The van der Waals surface area contributed by atoms with E-state index in [0.717, 1.165) is 31.7 Å². The van der Waals surface area contributed by atoms with Gasteiger partial charge in [-0.25, -0.2) is 4.31 Å². The van der Waals surface area contributed by atoms with Crippen molar-refractivity contribution in [3.05, 3.63) is 102 Å². The van der Waals surface area contributed by atoms with E-state index in [1.165, 1.54) is 19.0 Å². The normalized spacial score (nSPS) is 12.1. The number of anilines is 1. The number of para-hydroxylation sites is 1. The fraction of sp³-hybridized carbons (Fsp3) is 0.333. The van der Waals surface area contributed by atoms with Gasteiger partial charge in [-0.05, 0) is 36.6 Å². The first-order valence-electron chi connectivity index (χ1n) is 13.1. The number of nitrogens with zero attached hydrogens (tertiary/aromatic N) is 3. The first-order valence-corrected chi connectivity index (χ1v) is 14.4. The zero-order valence-electron chi connectivity index (χ0n) is 23.1. The van der Waals surface area contributed by atoms with Crippen molar-refractivity contribution in [2.75, 3.05) is 31.5 Å². The minimum Gasteiger partial charge on any atom is -0.354 e. The molecule has 3 aromatic carbocycles. The molecule has 3 rings (SSSR count). The SMILES string of the molecule is CCCNC(=O)C(Cc1ccccc1)N(Cc1ccc(C)cc1)C(=O)CN(c1ccccc1)S(=O)(=O)N(C)C. The van der Waals surface area contributed by atoms with Crippen LogP contribution in [0.1, 0.15) is 30.0 Å². The number of benzene rings is 3. The van der Waals surface area contributed by atoms with Crippen molar-refractivity contribution >= 4 is 27.7 Å². The Labute approximate surface area is 232 Å². The first-order chi connectivity index (χ1) is 18.6. The maximum atomic E-state index is 14.1. The number of aryl methyl sites for hydroxylation is 1. The maximum Gasteiger partial charge on any atom is 0.304 e. The van der Waals surface area contributed by atoms with Crippen molar-refractivity contribution in [1.29, 1.82) is 0 Å². The third-order valence-corrected chi connectivity index (χ3v) is 8.18. The summed E-state index contributed by atoms with van der Waals surface area (Å²) in [4.78, 5) is 29.1. The van der Waals surface area contributed by atoms with Crippen LogP contribution in [0.15, 0.2) is 84.9 Å². The lowest BCUT2D eigenvalue weighted by atomic mass is 10.0. The van der Waals surface area contributed by atoms with E-state index < -0.39 is 28.7 Å². The van der Waals surface area contributed by atoms with Gasteiger partial charge in [-0.15, -0.1) is 0 Å². The Kier molecular flexibility index (Phi) is 10.7. The lowest BCUT2D eigenvalue weighted by Gasteiger charge is -2.34. The highest BCUT2D eigenvalue weighted by Crippen LogP contribution is 2.21. The van der Waals surface area contributed by atoms with E-state index >= 15 is 0 Å². The van der Waals surface area contributed by atoms with Gasteiger partial charge in [0.1, 0.15) is 12.6 Å². The second kappa shape index (κ2) is 13.9. The average Bonchev–Trinajstić information content (AvgIpc) is 2.94. The molecule has 0 saturated carbocycles. The number of nitrogens with one attached hydrogen (secondary N) is 1. The minimum atomic E-state index is -4.00. The summed E-state index contributed by atoms with van der Waals surface area (Å²) in [5.41, 5.74) is 3.18. The summed E-state index contributed by atoms with van der Waals surface area (Å²) in [6.45, 7) is 4.11. The molecule has 2 amide bonds. The number of rotatable bonds is 13. The molecule has 39 heavy (non-hydrogen) atoms. The molecule has 1 unspecified atom stereocenters. The van der Waals surface area contributed by atoms with Gasteiger partial charge in [-0.2, -0.15) is 12.7 Å². The monoisotopic (exact) mass is 550 g/mol. The van der Waals surface area contributed by atoms with Gasteiger partial charge in [-0.3, -0.25) is 9.59 Å². The van der Waals surface area contributed by atoms with Gasteiger partial charge in [0.05, 0.1) is 5.69 Å². The summed E-state index contributed by atoms with van der Waals surface area (Å²) >= 11 is 0. The first kappa shape index (κ1) is 29.9. The van der Waals surface area contributed by atoms with Gasteiger partial charge in [0.25, 0.3) is 0 Å². The largest absolute Gasteiger partial charge is 0.354 e. The summed E-state index contributed by atoms with van der Waals surface area (Å²) in [5.74, 6) is -0.750. The quantitative estimate of drug-likeness (QED) is 0.351. The topological polar surface area (TPSA) is 90.0 Å². The van der Waals surface area contributed by atoms with Crippen molar-refractivity contribution in [3.8, 4) is 0 Å². The molecule has 208 valence electrons. The van der Waals surface area contributed by atoms with Gasteiger partial charge < -0.3 is 10.2 Å². The molecule has 0 spiro atoms. The van der Waals surface area contributed by atoms with Crippen molar-refractivity contribution in [2.24, 2.45) is 0 Å². The Hall–Kier alpha value is -3.69. The van der Waals surface area contributed by atoms with Crippen LogP contribution in [-0.2, 0) is 32.8 Å². The fourth-order valence-electron chi connectivity index (χ4n) is 4.12. The molecule has 0 aliphatic carbocycles. The van der Waals surface area contributed by atoms with E-state index in [1.54, 1.807) is 30.3 Å². The second-order valence-electron chi connectivity index (χ2n) is 9.64. The van der Waals surface area contributed by atoms with Gasteiger partial charge in [0.2, 0.25) is 11.8 Å². The van der Waals surface area contributed by atoms with E-state index in [9.17, 15) is 18.0 Å². The van der Waals surface area contributed by atoms with Gasteiger partial charge in [0.15, 0.2) is 0 Å². The molecular weight excluding hydrogens is 512 g/mol. The smallest absolute Gasteiger partial charge is 0.304 e. The van der Waals surface area contributed by atoms with Crippen LogP contribution in [-0.4, -0.2) is 62.7 Å². The third kappa shape index (κ3) is 8.15. The van der Waals surface area contributed by atoms with Crippen molar-refractivity contribution in [1.82, 2.24) is 14.5 Å². The van der Waals surface area contributed by atoms with Gasteiger partial charge >= 0.3 is 10.2 Å². The van der Waals surface area contributed by atoms with Crippen LogP contribution in [0.3, 0.4) is 0 Å². The number of carbonyl (C=O) groups excluding carboxylic acids is 2. The highest BCUT2D eigenvalue weighted by Gasteiger charge is 2.34. The third-order valence-electron chi connectivity index (χ3n) is 6.36. The van der Waals surface area contributed by atoms with Crippen LogP contribution in [0.25, 0.3) is 0 Å². The molecule has 0 saturated heterocycles. The minimum absolute atomic E-state index is 0.154. The molecule has 0 bridgehead atoms. The molecule has 3 aromatic rings. The van der Waals surface area contributed by atoms with E-state index in [0.29, 0.717) is 18.7 Å². The second-order valence-corrected chi connectivity index (χ2v) is 11.7. The zero-order valence-corrected chi connectivity index (χ0v) is 23.9. The maximum absolute atomic E-state index is 14.1. The lowest BCUT2D eigenvalue weighted by molar-refractivity contribution is -0.140. The van der Waals surface area contributed by atoms with Crippen LogP contribution >= 0.6 is 0 Å². The van der Waals surface area contributed by atoms with Gasteiger partial charge in [0, 0.05) is 33.6 Å². The highest BCUT2D eigenvalue weighted by molar-refractivity contribution is 7.90. The highest BCUT2D eigenvalue weighted by atomic mass is 32.2. The Balaban J connectivity index is 2.05. The standard InChI is InChI=1S/C30H38N4O4S/c1-5-20-31-30(36)28(21-25-12-8-6-9-13-25)33(22-26-18-16-24(2)17-19-26)29(35)23-34(39(37,38)32(3)4)27-14-10-7-11-15-27/h6-19,28H,5,20-23H2,1-4H3,(H,31,36). The Morgan fingerprint density at radius 1 is 0.846 bits per heavy atom. The van der Waals surface area contributed by atoms with E-state index in [1.807, 2.05) is 68.4 Å². The summed E-state index contributed by atoms with van der Waals surface area (Å²) in [6, 6.07) is 24.9. The lowest BCUT2D eigenvalue weighted by Crippen LogP contribution is -2.54. The van der Waals surface area contributed by atoms with Crippen molar-refractivity contribution in [2.45, 2.75) is 39.3 Å². The van der Waals surface area contributed by atoms with Crippen molar-refractivity contribution in [3.63, 3.8) is 0 Å². The summed E-state index contributed by atoms with van der Waals surface area (Å²) in [5, 5.41) is 2.94. The van der Waals surface area contributed by atoms with Crippen LogP contribution in [0, 0.1) is 6.92 Å². The molecule has 8 nitrogen and oxygen atoms in total. The van der Waals surface area contributed by atoms with Crippen LogP contribution in [0.4, 0.5) is 5.69 Å². The zero-order chi connectivity index (χ0) is 28.4. The Morgan fingerprint density at radius 2 is 1.44 bits per heavy atom. The number of hydrogen-bond donors (Lipinski definition) is 1. The molecule has 9 heteroatoms. The van der Waals surface area contributed by atoms with Gasteiger partial charge in [-0.1, -0.05) is 85.3 Å². The molecule has 1 atom stereocenters. The molecule has 0 aliphatic rings. The van der Waals surface area contributed by atoms with E-state index in [-0.39, 0.29) is 12.5 Å². The molecule has 0 aliphatic heterocycles. The Morgan fingerprint density at radius 3 is 2.00 bits per heavy atom. The molecule has 0 aromatic heterocycles. The molecule has 0 heterocycles. The molecule has 1 N–H and O–H groups in total. The molecule has 0 radical (unpaired) electrons. The fourth-order valence-corrected chi connectivity index (χ4v) is 5.18. The molecule has 0 fully saturated rings. The summed E-state index contributed by atoms with van der Waals surface area (Å²) in [7, 11) is -1.15. The summed E-state index contributed by atoms with van der Waals surface area (Å²) in [6.07, 6.45) is 1.04. The van der Waals surface area contributed by atoms with Crippen LogP contribution in [0.5, 0.6) is 0 Å². The number of amides is 2. The van der Waals surface area contributed by atoms with Crippen molar-refractivity contribution < 1.29 is 18.0 Å². The van der Waals surface area contributed by atoms with Crippen LogP contribution in [0.2, 0.25) is 0 Å². The van der Waals surface area contributed by atoms with Crippen LogP contribution < -0.4 is 9.62 Å².